The standard InChI is InChI=1S/C16H28N4O2/c1-16(2,3)22-15(21)18-8-7-13-10-17-12-20(13)11-14-6-5-9-19(14)4/h10,12,14H,5-9,11H2,1-4H3,(H,18,21). The van der Waals surface area contributed by atoms with Crippen molar-refractivity contribution < 1.29 is 9.53 Å². The number of imidazole rings is 1. The van der Waals surface area contributed by atoms with Crippen LogP contribution in [0.25, 0.3) is 0 Å². The second kappa shape index (κ2) is 7.13. The Balaban J connectivity index is 1.79. The molecule has 1 fully saturated rings. The van der Waals surface area contributed by atoms with Gasteiger partial charge in [-0.25, -0.2) is 9.78 Å². The van der Waals surface area contributed by atoms with Crippen molar-refractivity contribution in [1.82, 2.24) is 19.8 Å². The molecule has 6 heteroatoms. The average Bonchev–Trinajstić information content (AvgIpc) is 2.98. The van der Waals surface area contributed by atoms with E-state index in [4.69, 9.17) is 4.74 Å². The number of amides is 1. The molecule has 0 radical (unpaired) electrons. The molecule has 1 unspecified atom stereocenters. The molecule has 1 aromatic heterocycles. The molecule has 1 N–H and O–H groups in total. The molecule has 6 nitrogen and oxygen atoms in total. The van der Waals surface area contributed by atoms with Gasteiger partial charge in [-0.3, -0.25) is 0 Å². The molecule has 2 rings (SSSR count). The normalized spacial score (nSPS) is 19.4. The van der Waals surface area contributed by atoms with Crippen LogP contribution in [0.5, 0.6) is 0 Å². The lowest BCUT2D eigenvalue weighted by molar-refractivity contribution is 0.0528. The van der Waals surface area contributed by atoms with Crippen molar-refractivity contribution in [3.63, 3.8) is 0 Å². The number of nitrogens with one attached hydrogen (secondary N) is 1. The van der Waals surface area contributed by atoms with Crippen molar-refractivity contribution >= 4 is 6.09 Å². The Morgan fingerprint density at radius 2 is 2.27 bits per heavy atom. The fourth-order valence-electron chi connectivity index (χ4n) is 2.76. The van der Waals surface area contributed by atoms with Gasteiger partial charge < -0.3 is 19.5 Å². The first-order valence-electron chi connectivity index (χ1n) is 8.01. The number of aromatic nitrogens is 2. The van der Waals surface area contributed by atoms with Gasteiger partial charge in [-0.05, 0) is 47.2 Å². The number of hydrogen-bond donors (Lipinski definition) is 1. The summed E-state index contributed by atoms with van der Waals surface area (Å²) in [7, 11) is 2.18. The molecule has 1 atom stereocenters. The van der Waals surface area contributed by atoms with E-state index in [0.717, 1.165) is 18.7 Å². The van der Waals surface area contributed by atoms with Crippen molar-refractivity contribution in [1.29, 1.82) is 0 Å². The van der Waals surface area contributed by atoms with Gasteiger partial charge in [-0.1, -0.05) is 0 Å². The number of carbonyl (C=O) groups excluding carboxylic acids is 1. The van der Waals surface area contributed by atoms with Gasteiger partial charge in [0.15, 0.2) is 0 Å². The predicted octanol–water partition coefficient (Wildman–Crippen LogP) is 2.04. The minimum absolute atomic E-state index is 0.367. The van der Waals surface area contributed by atoms with Gasteiger partial charge in [-0.15, -0.1) is 0 Å². The van der Waals surface area contributed by atoms with E-state index in [9.17, 15) is 4.79 Å². The fourth-order valence-corrected chi connectivity index (χ4v) is 2.76. The zero-order valence-corrected chi connectivity index (χ0v) is 14.1. The lowest BCUT2D eigenvalue weighted by atomic mass is 10.2. The number of likely N-dealkylation sites (N-methyl/N-ethyl adjacent to an activating group) is 1. The van der Waals surface area contributed by atoms with Crippen molar-refractivity contribution in [3.05, 3.63) is 18.2 Å². The molecule has 22 heavy (non-hydrogen) atoms. The number of nitrogens with zero attached hydrogens (tertiary/aromatic N) is 3. The van der Waals surface area contributed by atoms with Crippen LogP contribution in [0.3, 0.4) is 0 Å². The van der Waals surface area contributed by atoms with Crippen LogP contribution < -0.4 is 5.32 Å². The second-order valence-electron chi connectivity index (χ2n) is 6.99. The lowest BCUT2D eigenvalue weighted by Crippen LogP contribution is -2.34. The summed E-state index contributed by atoms with van der Waals surface area (Å²) in [5.41, 5.74) is 0.690. The van der Waals surface area contributed by atoms with Gasteiger partial charge >= 0.3 is 6.09 Å². The molecule has 1 amide bonds. The summed E-state index contributed by atoms with van der Waals surface area (Å²) in [5.74, 6) is 0. The first kappa shape index (κ1) is 16.8. The first-order valence-corrected chi connectivity index (χ1v) is 8.01. The van der Waals surface area contributed by atoms with Gasteiger partial charge in [0.25, 0.3) is 0 Å². The summed E-state index contributed by atoms with van der Waals surface area (Å²) < 4.78 is 7.43. The third-order valence-corrected chi connectivity index (χ3v) is 3.93. The summed E-state index contributed by atoms with van der Waals surface area (Å²) in [6, 6.07) is 0.590. The summed E-state index contributed by atoms with van der Waals surface area (Å²) in [6.07, 6.45) is 6.67. The Morgan fingerprint density at radius 1 is 1.50 bits per heavy atom. The zero-order chi connectivity index (χ0) is 16.2. The summed E-state index contributed by atoms with van der Waals surface area (Å²) in [4.78, 5) is 18.3. The van der Waals surface area contributed by atoms with Crippen LogP contribution in [0.2, 0.25) is 0 Å². The maximum Gasteiger partial charge on any atom is 0.407 e. The van der Waals surface area contributed by atoms with Gasteiger partial charge in [0.1, 0.15) is 5.60 Å². The van der Waals surface area contributed by atoms with E-state index in [0.29, 0.717) is 12.6 Å². The molecule has 1 aromatic rings. The van der Waals surface area contributed by atoms with E-state index in [2.05, 4.69) is 26.8 Å². The Labute approximate surface area is 132 Å². The zero-order valence-electron chi connectivity index (χ0n) is 14.1. The Hall–Kier alpha value is -1.56. The number of rotatable bonds is 5. The summed E-state index contributed by atoms with van der Waals surface area (Å²) in [5, 5.41) is 2.79. The Bertz CT molecular complexity index is 493. The predicted molar refractivity (Wildman–Crippen MR) is 85.8 cm³/mol. The minimum atomic E-state index is -0.459. The van der Waals surface area contributed by atoms with Crippen LogP contribution in [-0.4, -0.2) is 52.3 Å². The largest absolute Gasteiger partial charge is 0.444 e. The van der Waals surface area contributed by atoms with Gasteiger partial charge in [0, 0.05) is 37.4 Å². The second-order valence-corrected chi connectivity index (χ2v) is 6.99. The molecular formula is C16H28N4O2. The highest BCUT2D eigenvalue weighted by atomic mass is 16.6. The van der Waals surface area contributed by atoms with Crippen molar-refractivity contribution in [2.45, 2.75) is 58.2 Å². The van der Waals surface area contributed by atoms with E-state index in [-0.39, 0.29) is 6.09 Å². The van der Waals surface area contributed by atoms with E-state index >= 15 is 0 Å². The van der Waals surface area contributed by atoms with Gasteiger partial charge in [-0.2, -0.15) is 0 Å². The van der Waals surface area contributed by atoms with Crippen LogP contribution >= 0.6 is 0 Å². The molecule has 0 bridgehead atoms. The van der Waals surface area contributed by atoms with E-state index < -0.39 is 5.60 Å². The van der Waals surface area contributed by atoms with E-state index in [1.54, 1.807) is 0 Å². The highest BCUT2D eigenvalue weighted by Crippen LogP contribution is 2.17. The third-order valence-electron chi connectivity index (χ3n) is 3.93. The molecule has 1 saturated heterocycles. The minimum Gasteiger partial charge on any atom is -0.444 e. The third kappa shape index (κ3) is 5.02. The molecule has 0 aromatic carbocycles. The molecule has 0 saturated carbocycles. The van der Waals surface area contributed by atoms with E-state index in [1.165, 1.54) is 19.4 Å². The monoisotopic (exact) mass is 308 g/mol. The molecular weight excluding hydrogens is 280 g/mol. The van der Waals surface area contributed by atoms with Crippen molar-refractivity contribution in [3.8, 4) is 0 Å². The van der Waals surface area contributed by atoms with Crippen molar-refractivity contribution in [2.75, 3.05) is 20.1 Å². The maximum absolute atomic E-state index is 11.6. The molecule has 0 aliphatic carbocycles. The molecule has 0 spiro atoms. The number of carbonyl (C=O) groups is 1. The molecule has 1 aliphatic rings. The van der Waals surface area contributed by atoms with Gasteiger partial charge in [0.2, 0.25) is 0 Å². The summed E-state index contributed by atoms with van der Waals surface area (Å²) >= 11 is 0. The summed E-state index contributed by atoms with van der Waals surface area (Å²) in [6.45, 7) is 8.29. The maximum atomic E-state index is 11.6. The quantitative estimate of drug-likeness (QED) is 0.904. The number of alkyl carbamates (subject to hydrolysis) is 1. The molecule has 1 aliphatic heterocycles. The van der Waals surface area contributed by atoms with Crippen LogP contribution in [0, 0.1) is 0 Å². The number of ether oxygens (including phenoxy) is 1. The number of hydrogen-bond acceptors (Lipinski definition) is 4. The van der Waals surface area contributed by atoms with Crippen LogP contribution in [0.4, 0.5) is 4.79 Å². The first-order chi connectivity index (χ1) is 10.3. The van der Waals surface area contributed by atoms with Gasteiger partial charge in [0.05, 0.1) is 6.33 Å². The van der Waals surface area contributed by atoms with E-state index in [1.807, 2.05) is 33.3 Å². The highest BCUT2D eigenvalue weighted by molar-refractivity contribution is 5.67. The average molecular weight is 308 g/mol. The van der Waals surface area contributed by atoms with Crippen LogP contribution in [0.15, 0.2) is 12.5 Å². The Morgan fingerprint density at radius 3 is 2.91 bits per heavy atom. The number of likely N-dealkylation sites (tertiary alicyclic amines) is 1. The molecule has 2 heterocycles. The van der Waals surface area contributed by atoms with Crippen LogP contribution in [0.1, 0.15) is 39.3 Å². The topological polar surface area (TPSA) is 59.4 Å². The Kier molecular flexibility index (Phi) is 5.45. The van der Waals surface area contributed by atoms with Crippen molar-refractivity contribution in [2.24, 2.45) is 0 Å². The SMILES string of the molecule is CN1CCCC1Cn1cncc1CCNC(=O)OC(C)(C)C. The highest BCUT2D eigenvalue weighted by Gasteiger charge is 2.21. The fraction of sp³-hybridized carbons (Fsp3) is 0.750. The smallest absolute Gasteiger partial charge is 0.407 e. The lowest BCUT2D eigenvalue weighted by Gasteiger charge is -2.21. The van der Waals surface area contributed by atoms with Crippen LogP contribution in [-0.2, 0) is 17.7 Å². The molecule has 124 valence electrons.